The number of H-pyrrole nitrogens is 2. The molecule has 2 aliphatic heterocycles. The minimum Gasteiger partial charge on any atom is -0.381 e. The van der Waals surface area contributed by atoms with Crippen LogP contribution in [0, 0.1) is 0 Å². The zero-order valence-corrected chi connectivity index (χ0v) is 21.9. The van der Waals surface area contributed by atoms with Gasteiger partial charge in [0.05, 0.1) is 16.7 Å². The predicted molar refractivity (Wildman–Crippen MR) is 148 cm³/mol. The van der Waals surface area contributed by atoms with Crippen LogP contribution in [0.2, 0.25) is 0 Å². The molecule has 1 fully saturated rings. The molecule has 4 aromatic rings. The Labute approximate surface area is 219 Å². The van der Waals surface area contributed by atoms with Crippen LogP contribution in [-0.2, 0) is 13.0 Å². The first-order valence-electron chi connectivity index (χ1n) is 13.1. The Morgan fingerprint density at radius 2 is 2.03 bits per heavy atom. The second-order valence-electron chi connectivity index (χ2n) is 10.2. The van der Waals surface area contributed by atoms with Crippen LogP contribution in [0.15, 0.2) is 46.7 Å². The number of hydrogen-bond donors (Lipinski definition) is 3. The largest absolute Gasteiger partial charge is 0.381 e. The number of imidazole rings is 1. The number of anilines is 1. The van der Waals surface area contributed by atoms with Gasteiger partial charge in [0.15, 0.2) is 0 Å². The fourth-order valence-electron chi connectivity index (χ4n) is 5.55. The summed E-state index contributed by atoms with van der Waals surface area (Å²) in [6.45, 7) is 6.92. The van der Waals surface area contributed by atoms with Crippen molar-refractivity contribution in [1.82, 2.24) is 24.8 Å². The number of aromatic nitrogens is 3. The standard InChI is InChI=1S/C28H32N6O2S/c1-18(14-20-6-4-13-37-20)30-22-7-8-29-27(35)25(22)26-31-23-15-19-17-34(12-5-11-33-9-2-3-10-33)28(36)21(19)16-24(23)32-26/h4,6-8,13,15-16,18H,2-3,5,9-12,14,17H2,1H3,(H,31,32)(H2,29,30,35)/t18-/m1/s1. The average molecular weight is 517 g/mol. The number of nitrogens with zero attached hydrogens (tertiary/aromatic N) is 3. The number of carbonyl (C=O) groups excluding carboxylic acids is 1. The highest BCUT2D eigenvalue weighted by Crippen LogP contribution is 2.30. The van der Waals surface area contributed by atoms with Crippen LogP contribution in [0.25, 0.3) is 22.4 Å². The van der Waals surface area contributed by atoms with Crippen molar-refractivity contribution in [1.29, 1.82) is 0 Å². The maximum Gasteiger partial charge on any atom is 0.261 e. The van der Waals surface area contributed by atoms with Crippen LogP contribution in [0.1, 0.15) is 47.0 Å². The van der Waals surface area contributed by atoms with Crippen LogP contribution < -0.4 is 10.9 Å². The van der Waals surface area contributed by atoms with Crippen LogP contribution in [0.4, 0.5) is 5.69 Å². The number of hydrogen-bond acceptors (Lipinski definition) is 6. The number of likely N-dealkylation sites (tertiary alicyclic amines) is 1. The first-order valence-corrected chi connectivity index (χ1v) is 14.0. The number of amides is 1. The van der Waals surface area contributed by atoms with E-state index < -0.39 is 0 Å². The lowest BCUT2D eigenvalue weighted by atomic mass is 10.1. The molecule has 2 aliphatic rings. The van der Waals surface area contributed by atoms with Gasteiger partial charge in [0.2, 0.25) is 0 Å². The molecule has 192 valence electrons. The van der Waals surface area contributed by atoms with E-state index in [1.807, 2.05) is 23.1 Å². The molecule has 1 amide bonds. The maximum absolute atomic E-state index is 13.1. The Morgan fingerprint density at radius 3 is 2.84 bits per heavy atom. The van der Waals surface area contributed by atoms with Crippen molar-refractivity contribution in [2.45, 2.75) is 45.2 Å². The third kappa shape index (κ3) is 4.93. The number of rotatable bonds is 9. The fraction of sp³-hybridized carbons (Fsp3) is 0.393. The third-order valence-corrected chi connectivity index (χ3v) is 8.27. The Kier molecular flexibility index (Phi) is 6.56. The molecule has 1 saturated heterocycles. The van der Waals surface area contributed by atoms with Crippen molar-refractivity contribution >= 4 is 34.0 Å². The van der Waals surface area contributed by atoms with Gasteiger partial charge in [-0.1, -0.05) is 6.07 Å². The number of aromatic amines is 2. The van der Waals surface area contributed by atoms with E-state index >= 15 is 0 Å². The summed E-state index contributed by atoms with van der Waals surface area (Å²) in [5, 5.41) is 5.57. The molecule has 0 saturated carbocycles. The normalized spacial score (nSPS) is 16.6. The number of carbonyl (C=O) groups is 1. The van der Waals surface area contributed by atoms with Crippen molar-refractivity contribution in [2.75, 3.05) is 31.5 Å². The van der Waals surface area contributed by atoms with Crippen molar-refractivity contribution in [2.24, 2.45) is 0 Å². The van der Waals surface area contributed by atoms with Gasteiger partial charge >= 0.3 is 0 Å². The molecule has 0 spiro atoms. The SMILES string of the molecule is C[C@H](Cc1cccs1)Nc1cc[nH]c(=O)c1-c1nc2cc3c(cc2[nH]1)CN(CCCN1CCCC1)C3=O. The molecule has 0 unspecified atom stereocenters. The van der Waals surface area contributed by atoms with E-state index in [0.29, 0.717) is 23.4 Å². The van der Waals surface area contributed by atoms with Gasteiger partial charge in [0, 0.05) is 42.2 Å². The number of nitrogens with one attached hydrogen (secondary N) is 3. The van der Waals surface area contributed by atoms with E-state index in [1.54, 1.807) is 17.5 Å². The summed E-state index contributed by atoms with van der Waals surface area (Å²) in [5.74, 6) is 0.575. The second-order valence-corrected chi connectivity index (χ2v) is 11.2. The molecular formula is C28H32N6O2S. The summed E-state index contributed by atoms with van der Waals surface area (Å²) in [6.07, 6.45) is 6.09. The molecular weight excluding hydrogens is 484 g/mol. The van der Waals surface area contributed by atoms with Crippen molar-refractivity contribution in [3.8, 4) is 11.4 Å². The Bertz CT molecular complexity index is 1470. The molecule has 9 heteroatoms. The molecule has 5 heterocycles. The zero-order chi connectivity index (χ0) is 25.4. The quantitative estimate of drug-likeness (QED) is 0.305. The lowest BCUT2D eigenvalue weighted by Crippen LogP contribution is -2.29. The summed E-state index contributed by atoms with van der Waals surface area (Å²) in [7, 11) is 0. The van der Waals surface area contributed by atoms with E-state index in [-0.39, 0.29) is 17.5 Å². The van der Waals surface area contributed by atoms with Gasteiger partial charge < -0.3 is 25.1 Å². The third-order valence-electron chi connectivity index (χ3n) is 7.37. The number of benzene rings is 1. The second kappa shape index (κ2) is 10.1. The van der Waals surface area contributed by atoms with Gasteiger partial charge in [0.1, 0.15) is 11.4 Å². The van der Waals surface area contributed by atoms with Crippen LogP contribution in [-0.4, -0.2) is 62.9 Å². The van der Waals surface area contributed by atoms with Crippen LogP contribution >= 0.6 is 11.3 Å². The highest BCUT2D eigenvalue weighted by molar-refractivity contribution is 7.09. The van der Waals surface area contributed by atoms with E-state index in [2.05, 4.69) is 44.6 Å². The van der Waals surface area contributed by atoms with Crippen LogP contribution in [0.5, 0.6) is 0 Å². The van der Waals surface area contributed by atoms with Gasteiger partial charge in [-0.3, -0.25) is 9.59 Å². The van der Waals surface area contributed by atoms with Gasteiger partial charge in [-0.2, -0.15) is 0 Å². The van der Waals surface area contributed by atoms with Crippen LogP contribution in [0.3, 0.4) is 0 Å². The minimum atomic E-state index is -0.208. The summed E-state index contributed by atoms with van der Waals surface area (Å²) in [5.41, 5.74) is 4.27. The minimum absolute atomic E-state index is 0.0742. The Hall–Kier alpha value is -3.43. The smallest absolute Gasteiger partial charge is 0.261 e. The molecule has 3 aromatic heterocycles. The lowest BCUT2D eigenvalue weighted by Gasteiger charge is -2.19. The Balaban J connectivity index is 1.21. The van der Waals surface area contributed by atoms with E-state index in [1.165, 1.54) is 30.8 Å². The Morgan fingerprint density at radius 1 is 1.16 bits per heavy atom. The molecule has 1 aromatic carbocycles. The molecule has 0 radical (unpaired) electrons. The van der Waals surface area contributed by atoms with E-state index in [0.717, 1.165) is 48.3 Å². The molecule has 8 nitrogen and oxygen atoms in total. The maximum atomic E-state index is 13.1. The summed E-state index contributed by atoms with van der Waals surface area (Å²) >= 11 is 1.73. The molecule has 6 rings (SSSR count). The van der Waals surface area contributed by atoms with Gasteiger partial charge in [-0.05, 0) is 81.0 Å². The number of pyridine rings is 1. The van der Waals surface area contributed by atoms with Gasteiger partial charge in [0.25, 0.3) is 11.5 Å². The molecule has 0 aliphatic carbocycles. The zero-order valence-electron chi connectivity index (χ0n) is 21.0. The fourth-order valence-corrected chi connectivity index (χ4v) is 6.39. The molecule has 0 bridgehead atoms. The molecule has 1 atom stereocenters. The first-order chi connectivity index (χ1) is 18.0. The highest BCUT2D eigenvalue weighted by Gasteiger charge is 2.28. The van der Waals surface area contributed by atoms with E-state index in [9.17, 15) is 9.59 Å². The van der Waals surface area contributed by atoms with Crippen molar-refractivity contribution in [3.05, 3.63) is 68.3 Å². The number of fused-ring (bicyclic) bond motifs is 2. The lowest BCUT2D eigenvalue weighted by molar-refractivity contribution is 0.0772. The predicted octanol–water partition coefficient (Wildman–Crippen LogP) is 4.46. The monoisotopic (exact) mass is 516 g/mol. The number of thiophene rings is 1. The summed E-state index contributed by atoms with van der Waals surface area (Å²) in [6, 6.07) is 10.1. The van der Waals surface area contributed by atoms with Gasteiger partial charge in [-0.15, -0.1) is 11.3 Å². The molecule has 37 heavy (non-hydrogen) atoms. The topological polar surface area (TPSA) is 97.1 Å². The van der Waals surface area contributed by atoms with Crippen molar-refractivity contribution < 1.29 is 4.79 Å². The van der Waals surface area contributed by atoms with Crippen molar-refractivity contribution in [3.63, 3.8) is 0 Å². The highest BCUT2D eigenvalue weighted by atomic mass is 32.1. The average Bonchev–Trinajstić information content (AvgIpc) is 3.67. The van der Waals surface area contributed by atoms with E-state index in [4.69, 9.17) is 4.98 Å². The first kappa shape index (κ1) is 23.9. The molecule has 3 N–H and O–H groups in total. The van der Waals surface area contributed by atoms with Gasteiger partial charge in [-0.25, -0.2) is 4.98 Å². The summed E-state index contributed by atoms with van der Waals surface area (Å²) in [4.78, 5) is 42.6. The summed E-state index contributed by atoms with van der Waals surface area (Å²) < 4.78 is 0.